The maximum Gasteiger partial charge on any atom is 0.416 e. The number of thiocarbonyl (C=S) groups is 1. The standard InChI is InChI=1S/C12H12F6N2S/c13-11(14,15)4-1-5-20-9-3-2-7(12(16,17)18)6-8(9)10(19)21/h2-3,6,20H,1,4-5H2,(H2,19,21). The van der Waals surface area contributed by atoms with E-state index in [4.69, 9.17) is 5.73 Å². The van der Waals surface area contributed by atoms with Crippen LogP contribution in [0.4, 0.5) is 32.0 Å². The number of nitrogens with one attached hydrogen (secondary N) is 1. The number of nitrogens with two attached hydrogens (primary N) is 1. The monoisotopic (exact) mass is 330 g/mol. The van der Waals surface area contributed by atoms with Crippen LogP contribution >= 0.6 is 12.2 Å². The van der Waals surface area contributed by atoms with E-state index < -0.39 is 24.3 Å². The number of hydrogen-bond acceptors (Lipinski definition) is 2. The van der Waals surface area contributed by atoms with Crippen molar-refractivity contribution in [3.05, 3.63) is 29.3 Å². The molecule has 0 amide bonds. The van der Waals surface area contributed by atoms with E-state index in [0.717, 1.165) is 18.2 Å². The molecule has 0 aliphatic heterocycles. The average Bonchev–Trinajstić information content (AvgIpc) is 2.32. The van der Waals surface area contributed by atoms with Gasteiger partial charge in [-0.2, -0.15) is 26.3 Å². The van der Waals surface area contributed by atoms with Crippen LogP contribution in [0, 0.1) is 0 Å². The SMILES string of the molecule is NC(=S)c1cc(C(F)(F)F)ccc1NCCCC(F)(F)F. The van der Waals surface area contributed by atoms with E-state index in [1.807, 2.05) is 0 Å². The Morgan fingerprint density at radius 2 is 1.76 bits per heavy atom. The molecular formula is C12H12F6N2S. The second-order valence-electron chi connectivity index (χ2n) is 4.27. The number of benzene rings is 1. The van der Waals surface area contributed by atoms with E-state index >= 15 is 0 Å². The van der Waals surface area contributed by atoms with E-state index in [9.17, 15) is 26.3 Å². The van der Waals surface area contributed by atoms with Crippen LogP contribution in [0.5, 0.6) is 0 Å². The summed E-state index contributed by atoms with van der Waals surface area (Å²) in [5.41, 5.74) is 4.55. The van der Waals surface area contributed by atoms with Crippen molar-refractivity contribution >= 4 is 22.9 Å². The normalized spacial score (nSPS) is 12.3. The van der Waals surface area contributed by atoms with Crippen molar-refractivity contribution in [3.63, 3.8) is 0 Å². The van der Waals surface area contributed by atoms with E-state index in [1.54, 1.807) is 0 Å². The molecule has 0 aromatic heterocycles. The summed E-state index contributed by atoms with van der Waals surface area (Å²) in [5, 5.41) is 2.61. The Hall–Kier alpha value is -1.51. The van der Waals surface area contributed by atoms with Gasteiger partial charge in [-0.15, -0.1) is 0 Å². The molecule has 0 radical (unpaired) electrons. The summed E-state index contributed by atoms with van der Waals surface area (Å²) in [7, 11) is 0. The summed E-state index contributed by atoms with van der Waals surface area (Å²) in [5.74, 6) is 0. The van der Waals surface area contributed by atoms with Crippen molar-refractivity contribution in [3.8, 4) is 0 Å². The Morgan fingerprint density at radius 1 is 1.14 bits per heavy atom. The third-order valence-electron chi connectivity index (χ3n) is 2.56. The van der Waals surface area contributed by atoms with Crippen LogP contribution in [0.15, 0.2) is 18.2 Å². The first kappa shape index (κ1) is 17.5. The molecule has 0 aliphatic rings. The molecule has 1 aromatic carbocycles. The number of alkyl halides is 6. The van der Waals surface area contributed by atoms with Crippen LogP contribution in [0.1, 0.15) is 24.0 Å². The van der Waals surface area contributed by atoms with Gasteiger partial charge >= 0.3 is 12.4 Å². The summed E-state index contributed by atoms with van der Waals surface area (Å²) in [4.78, 5) is -0.264. The molecule has 2 nitrogen and oxygen atoms in total. The van der Waals surface area contributed by atoms with E-state index in [2.05, 4.69) is 17.5 Å². The zero-order chi connectivity index (χ0) is 16.3. The second-order valence-corrected chi connectivity index (χ2v) is 4.71. The molecular weight excluding hydrogens is 318 g/mol. The molecule has 9 heteroatoms. The number of halogens is 6. The Kier molecular flexibility index (Phi) is 5.43. The van der Waals surface area contributed by atoms with Crippen molar-refractivity contribution < 1.29 is 26.3 Å². The van der Waals surface area contributed by atoms with Crippen molar-refractivity contribution in [1.82, 2.24) is 0 Å². The van der Waals surface area contributed by atoms with Gasteiger partial charge in [-0.3, -0.25) is 0 Å². The molecule has 3 N–H and O–H groups in total. The third-order valence-corrected chi connectivity index (χ3v) is 2.78. The first-order valence-corrected chi connectivity index (χ1v) is 6.23. The predicted molar refractivity (Wildman–Crippen MR) is 71.1 cm³/mol. The fraction of sp³-hybridized carbons (Fsp3) is 0.417. The zero-order valence-electron chi connectivity index (χ0n) is 10.6. The molecule has 21 heavy (non-hydrogen) atoms. The lowest BCUT2D eigenvalue weighted by molar-refractivity contribution is -0.137. The van der Waals surface area contributed by atoms with Gasteiger partial charge in [0.1, 0.15) is 4.99 Å². The lowest BCUT2D eigenvalue weighted by Gasteiger charge is -2.14. The summed E-state index contributed by atoms with van der Waals surface area (Å²) in [6.45, 7) is -0.0551. The predicted octanol–water partition coefficient (Wildman–Crippen LogP) is 4.09. The molecule has 0 spiro atoms. The fourth-order valence-corrected chi connectivity index (χ4v) is 1.76. The van der Waals surface area contributed by atoms with Gasteiger partial charge in [-0.05, 0) is 24.6 Å². The molecule has 1 aromatic rings. The average molecular weight is 330 g/mol. The van der Waals surface area contributed by atoms with Gasteiger partial charge in [-0.25, -0.2) is 0 Å². The first-order chi connectivity index (χ1) is 9.50. The Bertz CT molecular complexity index is 509. The molecule has 1 rings (SSSR count). The van der Waals surface area contributed by atoms with Gasteiger partial charge in [0.25, 0.3) is 0 Å². The van der Waals surface area contributed by atoms with Crippen LogP contribution in [-0.4, -0.2) is 17.7 Å². The van der Waals surface area contributed by atoms with Gasteiger partial charge in [0.2, 0.25) is 0 Å². The van der Waals surface area contributed by atoms with E-state index in [-0.39, 0.29) is 29.2 Å². The van der Waals surface area contributed by atoms with Crippen LogP contribution in [0.2, 0.25) is 0 Å². The third kappa shape index (κ3) is 5.78. The number of rotatable bonds is 5. The van der Waals surface area contributed by atoms with Gasteiger partial charge in [0, 0.05) is 24.2 Å². The van der Waals surface area contributed by atoms with Crippen molar-refractivity contribution in [2.75, 3.05) is 11.9 Å². The Labute approximate surface area is 122 Å². The van der Waals surface area contributed by atoms with Gasteiger partial charge in [0.15, 0.2) is 0 Å². The largest absolute Gasteiger partial charge is 0.416 e. The van der Waals surface area contributed by atoms with Gasteiger partial charge in [0.05, 0.1) is 5.56 Å². The quantitative estimate of drug-likeness (QED) is 0.485. The summed E-state index contributed by atoms with van der Waals surface area (Å²) >= 11 is 4.66. The molecule has 0 fully saturated rings. The topological polar surface area (TPSA) is 38.0 Å². The van der Waals surface area contributed by atoms with Crippen molar-refractivity contribution in [2.45, 2.75) is 25.2 Å². The zero-order valence-corrected chi connectivity index (χ0v) is 11.4. The van der Waals surface area contributed by atoms with Crippen molar-refractivity contribution in [2.24, 2.45) is 5.73 Å². The number of hydrogen-bond donors (Lipinski definition) is 2. The minimum absolute atomic E-state index is 0.0492. The van der Waals surface area contributed by atoms with Crippen molar-refractivity contribution in [1.29, 1.82) is 0 Å². The lowest BCUT2D eigenvalue weighted by Crippen LogP contribution is -2.17. The minimum Gasteiger partial charge on any atom is -0.389 e. The van der Waals surface area contributed by atoms with Gasteiger partial charge < -0.3 is 11.1 Å². The van der Waals surface area contributed by atoms with Crippen LogP contribution in [0.3, 0.4) is 0 Å². The molecule has 0 unspecified atom stereocenters. The minimum atomic E-state index is -4.55. The summed E-state index contributed by atoms with van der Waals surface area (Å²) < 4.78 is 73.7. The molecule has 0 atom stereocenters. The highest BCUT2D eigenvalue weighted by atomic mass is 32.1. The van der Waals surface area contributed by atoms with E-state index in [0.29, 0.717) is 0 Å². The van der Waals surface area contributed by atoms with Crippen LogP contribution in [-0.2, 0) is 6.18 Å². The highest BCUT2D eigenvalue weighted by Crippen LogP contribution is 2.32. The molecule has 118 valence electrons. The molecule has 0 saturated carbocycles. The summed E-state index contributed by atoms with van der Waals surface area (Å²) in [6, 6.07) is 2.69. The highest BCUT2D eigenvalue weighted by Gasteiger charge is 2.31. The molecule has 0 aliphatic carbocycles. The maximum absolute atomic E-state index is 12.6. The first-order valence-electron chi connectivity index (χ1n) is 5.82. The van der Waals surface area contributed by atoms with Crippen LogP contribution in [0.25, 0.3) is 0 Å². The highest BCUT2D eigenvalue weighted by molar-refractivity contribution is 7.80. The van der Waals surface area contributed by atoms with Gasteiger partial charge in [-0.1, -0.05) is 12.2 Å². The molecule has 0 heterocycles. The summed E-state index contributed by atoms with van der Waals surface area (Å²) in [6.07, 6.45) is -10.0. The number of anilines is 1. The lowest BCUT2D eigenvalue weighted by atomic mass is 10.1. The Balaban J connectivity index is 2.81. The maximum atomic E-state index is 12.6. The van der Waals surface area contributed by atoms with E-state index in [1.165, 1.54) is 0 Å². The molecule has 0 bridgehead atoms. The second kappa shape index (κ2) is 6.50. The Morgan fingerprint density at radius 3 is 2.24 bits per heavy atom. The molecule has 0 saturated heterocycles. The smallest absolute Gasteiger partial charge is 0.389 e. The van der Waals surface area contributed by atoms with Crippen LogP contribution < -0.4 is 11.1 Å². The fourth-order valence-electron chi connectivity index (χ4n) is 1.59.